The van der Waals surface area contributed by atoms with Crippen LogP contribution in [-0.2, 0) is 6.54 Å². The Hall–Kier alpha value is -0.700. The van der Waals surface area contributed by atoms with Crippen molar-refractivity contribution in [3.63, 3.8) is 0 Å². The molecule has 0 saturated heterocycles. The fourth-order valence-corrected chi connectivity index (χ4v) is 1.77. The largest absolute Gasteiger partial charge is 0.488 e. The summed E-state index contributed by atoms with van der Waals surface area (Å²) < 4.78 is 5.58. The Morgan fingerprint density at radius 3 is 2.78 bits per heavy atom. The van der Waals surface area contributed by atoms with Gasteiger partial charge in [0.2, 0.25) is 0 Å². The van der Waals surface area contributed by atoms with Gasteiger partial charge in [0.05, 0.1) is 0 Å². The molecule has 0 amide bonds. The maximum absolute atomic E-state index is 6.18. The van der Waals surface area contributed by atoms with Crippen LogP contribution in [0.1, 0.15) is 19.4 Å². The molecule has 0 atom stereocenters. The van der Waals surface area contributed by atoms with Gasteiger partial charge in [0.15, 0.2) is 0 Å². The van der Waals surface area contributed by atoms with Crippen molar-refractivity contribution in [3.8, 4) is 5.75 Å². The van der Waals surface area contributed by atoms with Crippen molar-refractivity contribution >= 4 is 23.2 Å². The summed E-state index contributed by atoms with van der Waals surface area (Å²) >= 11 is 11.9. The van der Waals surface area contributed by atoms with E-state index in [0.717, 1.165) is 17.9 Å². The molecule has 0 spiro atoms. The van der Waals surface area contributed by atoms with Gasteiger partial charge in [0.1, 0.15) is 12.4 Å². The highest BCUT2D eigenvalue weighted by Crippen LogP contribution is 2.26. The Bertz CT molecular complexity index is 405. The van der Waals surface area contributed by atoms with Crippen LogP contribution in [0.15, 0.2) is 29.8 Å². The highest BCUT2D eigenvalue weighted by atomic mass is 35.5. The monoisotopic (exact) mass is 287 g/mol. The molecule has 0 bridgehead atoms. The SMILES string of the molecule is C=C(Cl)COc1cccc(Cl)c1CNCC(C)C. The van der Waals surface area contributed by atoms with E-state index in [-0.39, 0.29) is 0 Å². The molecule has 1 aromatic carbocycles. The van der Waals surface area contributed by atoms with Crippen LogP contribution < -0.4 is 10.1 Å². The van der Waals surface area contributed by atoms with Crippen LogP contribution in [-0.4, -0.2) is 13.2 Å². The van der Waals surface area contributed by atoms with Crippen LogP contribution in [0.2, 0.25) is 5.02 Å². The van der Waals surface area contributed by atoms with Crippen molar-refractivity contribution in [1.29, 1.82) is 0 Å². The van der Waals surface area contributed by atoms with Crippen LogP contribution in [0.25, 0.3) is 0 Å². The molecule has 1 N–H and O–H groups in total. The molecule has 0 radical (unpaired) electrons. The minimum absolute atomic E-state index is 0.291. The third-order valence-corrected chi connectivity index (χ3v) is 2.78. The van der Waals surface area contributed by atoms with E-state index in [2.05, 4.69) is 25.7 Å². The molecule has 4 heteroatoms. The van der Waals surface area contributed by atoms with Crippen LogP contribution in [0.3, 0.4) is 0 Å². The summed E-state index contributed by atoms with van der Waals surface area (Å²) in [6.07, 6.45) is 0. The standard InChI is InChI=1S/C14H19Cl2NO/c1-10(2)7-17-8-12-13(16)5-4-6-14(12)18-9-11(3)15/h4-6,10,17H,3,7-9H2,1-2H3. The van der Waals surface area contributed by atoms with Crippen molar-refractivity contribution in [2.24, 2.45) is 5.92 Å². The zero-order valence-electron chi connectivity index (χ0n) is 10.8. The van der Waals surface area contributed by atoms with E-state index in [1.165, 1.54) is 0 Å². The summed E-state index contributed by atoms with van der Waals surface area (Å²) in [5.74, 6) is 1.35. The zero-order chi connectivity index (χ0) is 13.5. The molecule has 18 heavy (non-hydrogen) atoms. The first-order chi connectivity index (χ1) is 8.50. The molecule has 0 saturated carbocycles. The van der Waals surface area contributed by atoms with Crippen molar-refractivity contribution in [3.05, 3.63) is 40.4 Å². The zero-order valence-corrected chi connectivity index (χ0v) is 12.3. The Morgan fingerprint density at radius 1 is 1.44 bits per heavy atom. The van der Waals surface area contributed by atoms with E-state index in [1.54, 1.807) is 0 Å². The van der Waals surface area contributed by atoms with Crippen molar-refractivity contribution in [2.45, 2.75) is 20.4 Å². The second-order valence-electron chi connectivity index (χ2n) is 4.55. The molecule has 2 nitrogen and oxygen atoms in total. The molecular weight excluding hydrogens is 269 g/mol. The van der Waals surface area contributed by atoms with Gasteiger partial charge in [0, 0.05) is 22.2 Å². The maximum atomic E-state index is 6.18. The quantitative estimate of drug-likeness (QED) is 0.811. The first-order valence-corrected chi connectivity index (χ1v) is 6.70. The number of benzene rings is 1. The first kappa shape index (κ1) is 15.4. The van der Waals surface area contributed by atoms with Crippen molar-refractivity contribution in [1.82, 2.24) is 5.32 Å². The number of nitrogens with one attached hydrogen (secondary N) is 1. The third-order valence-electron chi connectivity index (χ3n) is 2.31. The number of hydrogen-bond donors (Lipinski definition) is 1. The van der Waals surface area contributed by atoms with Gasteiger partial charge < -0.3 is 10.1 Å². The van der Waals surface area contributed by atoms with Crippen molar-refractivity contribution < 1.29 is 4.74 Å². The van der Waals surface area contributed by atoms with Gasteiger partial charge in [0.25, 0.3) is 0 Å². The number of halogens is 2. The van der Waals surface area contributed by atoms with E-state index in [4.69, 9.17) is 27.9 Å². The van der Waals surface area contributed by atoms with Gasteiger partial charge in [-0.25, -0.2) is 0 Å². The summed E-state index contributed by atoms with van der Waals surface area (Å²) in [7, 11) is 0. The van der Waals surface area contributed by atoms with Crippen LogP contribution in [0.4, 0.5) is 0 Å². The molecule has 0 aliphatic rings. The topological polar surface area (TPSA) is 21.3 Å². The minimum atomic E-state index is 0.291. The van der Waals surface area contributed by atoms with Gasteiger partial charge >= 0.3 is 0 Å². The summed E-state index contributed by atoms with van der Waals surface area (Å²) in [5, 5.41) is 4.52. The highest BCUT2D eigenvalue weighted by molar-refractivity contribution is 6.31. The minimum Gasteiger partial charge on any atom is -0.488 e. The third kappa shape index (κ3) is 5.30. The second kappa shape index (κ2) is 7.67. The molecular formula is C14H19Cl2NO. The fourth-order valence-electron chi connectivity index (χ4n) is 1.49. The summed E-state index contributed by atoms with van der Waals surface area (Å²) in [6, 6.07) is 5.61. The molecule has 0 heterocycles. The normalized spacial score (nSPS) is 10.7. The Kier molecular flexibility index (Phi) is 6.55. The highest BCUT2D eigenvalue weighted by Gasteiger charge is 2.08. The average molecular weight is 288 g/mol. The van der Waals surface area contributed by atoms with Gasteiger partial charge in [-0.1, -0.05) is 49.7 Å². The van der Waals surface area contributed by atoms with E-state index in [1.807, 2.05) is 18.2 Å². The lowest BCUT2D eigenvalue weighted by Gasteiger charge is -2.14. The fraction of sp³-hybridized carbons (Fsp3) is 0.429. The lowest BCUT2D eigenvalue weighted by molar-refractivity contribution is 0.354. The maximum Gasteiger partial charge on any atom is 0.125 e. The molecule has 1 aromatic rings. The second-order valence-corrected chi connectivity index (χ2v) is 5.49. The van der Waals surface area contributed by atoms with Crippen LogP contribution in [0, 0.1) is 5.92 Å². The first-order valence-electron chi connectivity index (χ1n) is 5.95. The molecule has 0 aliphatic heterocycles. The number of rotatable bonds is 7. The molecule has 0 fully saturated rings. The molecule has 1 rings (SSSR count). The number of ether oxygens (including phenoxy) is 1. The van der Waals surface area contributed by atoms with E-state index < -0.39 is 0 Å². The van der Waals surface area contributed by atoms with E-state index in [0.29, 0.717) is 29.1 Å². The summed E-state index contributed by atoms with van der Waals surface area (Å²) in [5.41, 5.74) is 0.956. The summed E-state index contributed by atoms with van der Waals surface area (Å²) in [6.45, 7) is 9.83. The average Bonchev–Trinajstić information content (AvgIpc) is 2.28. The van der Waals surface area contributed by atoms with Gasteiger partial charge in [-0.2, -0.15) is 0 Å². The summed E-state index contributed by atoms with van der Waals surface area (Å²) in [4.78, 5) is 0. The van der Waals surface area contributed by atoms with E-state index in [9.17, 15) is 0 Å². The van der Waals surface area contributed by atoms with Crippen molar-refractivity contribution in [2.75, 3.05) is 13.2 Å². The Labute approximate surface area is 119 Å². The predicted molar refractivity (Wildman–Crippen MR) is 78.5 cm³/mol. The van der Waals surface area contributed by atoms with Gasteiger partial charge in [-0.15, -0.1) is 0 Å². The van der Waals surface area contributed by atoms with Crippen LogP contribution in [0.5, 0.6) is 5.75 Å². The Morgan fingerprint density at radius 2 is 2.17 bits per heavy atom. The smallest absolute Gasteiger partial charge is 0.125 e. The molecule has 0 unspecified atom stereocenters. The lowest BCUT2D eigenvalue weighted by atomic mass is 10.1. The molecule has 100 valence electrons. The van der Waals surface area contributed by atoms with E-state index >= 15 is 0 Å². The van der Waals surface area contributed by atoms with Crippen LogP contribution >= 0.6 is 23.2 Å². The lowest BCUT2D eigenvalue weighted by Crippen LogP contribution is -2.19. The number of hydrogen-bond acceptors (Lipinski definition) is 2. The molecule has 0 aromatic heterocycles. The van der Waals surface area contributed by atoms with Gasteiger partial charge in [-0.05, 0) is 24.6 Å². The molecule has 0 aliphatic carbocycles. The predicted octanol–water partition coefficient (Wildman–Crippen LogP) is 4.22. The van der Waals surface area contributed by atoms with Gasteiger partial charge in [-0.3, -0.25) is 0 Å². The Balaban J connectivity index is 2.70.